The van der Waals surface area contributed by atoms with E-state index in [0.29, 0.717) is 6.04 Å². The molecule has 1 amide bonds. The number of hydrogen-bond donors (Lipinski definition) is 2. The van der Waals surface area contributed by atoms with Crippen molar-refractivity contribution in [3.63, 3.8) is 0 Å². The summed E-state index contributed by atoms with van der Waals surface area (Å²) in [5, 5.41) is 12.1. The monoisotopic (exact) mass is 290 g/mol. The molecule has 0 radical (unpaired) electrons. The summed E-state index contributed by atoms with van der Waals surface area (Å²) in [6, 6.07) is 9.65. The lowest BCUT2D eigenvalue weighted by atomic mass is 10.2. The van der Waals surface area contributed by atoms with Gasteiger partial charge in [0, 0.05) is 18.3 Å². The molecule has 0 bridgehead atoms. The predicted octanol–water partition coefficient (Wildman–Crippen LogP) is 2.03. The average molecular weight is 290 g/mol. The van der Waals surface area contributed by atoms with Crippen molar-refractivity contribution in [3.05, 3.63) is 30.3 Å². The number of amides is 1. The topological polar surface area (TPSA) is 69.6 Å². The van der Waals surface area contributed by atoms with Crippen LogP contribution in [0.2, 0.25) is 0 Å². The second-order valence-corrected chi connectivity index (χ2v) is 5.39. The van der Waals surface area contributed by atoms with Gasteiger partial charge in [-0.05, 0) is 25.0 Å². The number of aliphatic carboxylic acids is 1. The molecule has 0 heterocycles. The number of anilines is 1. The van der Waals surface area contributed by atoms with Gasteiger partial charge in [-0.3, -0.25) is 9.59 Å². The quantitative estimate of drug-likeness (QED) is 0.806. The summed E-state index contributed by atoms with van der Waals surface area (Å²) >= 11 is 0. The Kier molecular flexibility index (Phi) is 5.75. The SMILES string of the molecule is O=C(O)CCN(C(=O)CNC1CCCC1)c1ccccc1. The molecule has 0 unspecified atom stereocenters. The first-order valence-corrected chi connectivity index (χ1v) is 7.47. The number of benzene rings is 1. The molecule has 0 spiro atoms. The highest BCUT2D eigenvalue weighted by molar-refractivity contribution is 5.95. The molecule has 1 aliphatic carbocycles. The molecular formula is C16H22N2O3. The summed E-state index contributed by atoms with van der Waals surface area (Å²) in [6.45, 7) is 0.462. The number of carbonyl (C=O) groups excluding carboxylic acids is 1. The first kappa shape index (κ1) is 15.5. The Hall–Kier alpha value is -1.88. The number of hydrogen-bond acceptors (Lipinski definition) is 3. The van der Waals surface area contributed by atoms with Crippen molar-refractivity contribution in [2.45, 2.75) is 38.1 Å². The average Bonchev–Trinajstić information content (AvgIpc) is 2.99. The van der Waals surface area contributed by atoms with Gasteiger partial charge >= 0.3 is 5.97 Å². The van der Waals surface area contributed by atoms with Gasteiger partial charge in [0.2, 0.25) is 5.91 Å². The van der Waals surface area contributed by atoms with E-state index in [1.54, 1.807) is 4.90 Å². The Bertz CT molecular complexity index is 470. The zero-order valence-electron chi connectivity index (χ0n) is 12.1. The van der Waals surface area contributed by atoms with E-state index in [9.17, 15) is 9.59 Å². The Morgan fingerprint density at radius 1 is 1.19 bits per heavy atom. The number of carboxylic acids is 1. The molecule has 1 aromatic carbocycles. The standard InChI is InChI=1S/C16H22N2O3/c19-15(12-17-13-6-4-5-7-13)18(11-10-16(20)21)14-8-2-1-3-9-14/h1-3,8-9,13,17H,4-7,10-12H2,(H,20,21). The van der Waals surface area contributed by atoms with E-state index in [1.165, 1.54) is 12.8 Å². The van der Waals surface area contributed by atoms with E-state index in [2.05, 4.69) is 5.32 Å². The van der Waals surface area contributed by atoms with Crippen molar-refractivity contribution in [3.8, 4) is 0 Å². The lowest BCUT2D eigenvalue weighted by molar-refractivity contribution is -0.136. The van der Waals surface area contributed by atoms with Gasteiger partial charge in [-0.1, -0.05) is 31.0 Å². The lowest BCUT2D eigenvalue weighted by Gasteiger charge is -2.23. The highest BCUT2D eigenvalue weighted by Gasteiger charge is 2.19. The molecule has 1 fully saturated rings. The second kappa shape index (κ2) is 7.78. The molecule has 0 aromatic heterocycles. The molecular weight excluding hydrogens is 268 g/mol. The predicted molar refractivity (Wildman–Crippen MR) is 81.3 cm³/mol. The van der Waals surface area contributed by atoms with Gasteiger partial charge in [-0.2, -0.15) is 0 Å². The van der Waals surface area contributed by atoms with Gasteiger partial charge in [0.05, 0.1) is 13.0 Å². The fourth-order valence-corrected chi connectivity index (χ4v) is 2.67. The fourth-order valence-electron chi connectivity index (χ4n) is 2.67. The van der Waals surface area contributed by atoms with E-state index in [1.807, 2.05) is 30.3 Å². The first-order valence-electron chi connectivity index (χ1n) is 7.47. The van der Waals surface area contributed by atoms with Crippen molar-refractivity contribution in [2.24, 2.45) is 0 Å². The van der Waals surface area contributed by atoms with Crippen LogP contribution < -0.4 is 10.2 Å². The minimum Gasteiger partial charge on any atom is -0.481 e. The number of carbonyl (C=O) groups is 2. The summed E-state index contributed by atoms with van der Waals surface area (Å²) < 4.78 is 0. The molecule has 5 heteroatoms. The molecule has 1 aliphatic rings. The molecule has 2 N–H and O–H groups in total. The Morgan fingerprint density at radius 2 is 1.86 bits per heavy atom. The zero-order chi connectivity index (χ0) is 15.1. The van der Waals surface area contributed by atoms with Crippen LogP contribution in [-0.4, -0.2) is 36.1 Å². The smallest absolute Gasteiger partial charge is 0.305 e. The van der Waals surface area contributed by atoms with Crippen LogP contribution in [0.1, 0.15) is 32.1 Å². The molecule has 5 nitrogen and oxygen atoms in total. The number of rotatable bonds is 7. The number of nitrogens with zero attached hydrogens (tertiary/aromatic N) is 1. The largest absolute Gasteiger partial charge is 0.481 e. The van der Waals surface area contributed by atoms with Crippen molar-refractivity contribution in [1.82, 2.24) is 5.32 Å². The van der Waals surface area contributed by atoms with Crippen LogP contribution in [0.25, 0.3) is 0 Å². The van der Waals surface area contributed by atoms with Crippen molar-refractivity contribution < 1.29 is 14.7 Å². The Labute approximate surface area is 125 Å². The van der Waals surface area contributed by atoms with Crippen LogP contribution >= 0.6 is 0 Å². The minimum atomic E-state index is -0.896. The molecule has 1 saturated carbocycles. The maximum Gasteiger partial charge on any atom is 0.305 e. The van der Waals surface area contributed by atoms with Crippen LogP contribution in [0.4, 0.5) is 5.69 Å². The maximum atomic E-state index is 12.4. The third-order valence-corrected chi connectivity index (χ3v) is 3.82. The van der Waals surface area contributed by atoms with Crippen LogP contribution in [0.5, 0.6) is 0 Å². The molecule has 0 aliphatic heterocycles. The van der Waals surface area contributed by atoms with Crippen molar-refractivity contribution in [1.29, 1.82) is 0 Å². The molecule has 1 aromatic rings. The molecule has 0 saturated heterocycles. The zero-order valence-corrected chi connectivity index (χ0v) is 12.1. The van der Waals surface area contributed by atoms with Gasteiger partial charge in [0.15, 0.2) is 0 Å². The Balaban J connectivity index is 1.96. The summed E-state index contributed by atoms with van der Waals surface area (Å²) in [5.41, 5.74) is 0.747. The Morgan fingerprint density at radius 3 is 2.48 bits per heavy atom. The van der Waals surface area contributed by atoms with Crippen molar-refractivity contribution >= 4 is 17.6 Å². The highest BCUT2D eigenvalue weighted by atomic mass is 16.4. The van der Waals surface area contributed by atoms with Gasteiger partial charge in [0.25, 0.3) is 0 Å². The normalized spacial score (nSPS) is 15.0. The van der Waals surface area contributed by atoms with Gasteiger partial charge in [0.1, 0.15) is 0 Å². The molecule has 2 rings (SSSR count). The van der Waals surface area contributed by atoms with Crippen LogP contribution in [0.15, 0.2) is 30.3 Å². The number of carboxylic acid groups (broad SMARTS) is 1. The highest BCUT2D eigenvalue weighted by Crippen LogP contribution is 2.18. The molecule has 114 valence electrons. The van der Waals surface area contributed by atoms with E-state index in [0.717, 1.165) is 18.5 Å². The third kappa shape index (κ3) is 4.86. The fraction of sp³-hybridized carbons (Fsp3) is 0.500. The van der Waals surface area contributed by atoms with Gasteiger partial charge in [-0.25, -0.2) is 0 Å². The minimum absolute atomic E-state index is 0.0515. The first-order chi connectivity index (χ1) is 10.2. The van der Waals surface area contributed by atoms with E-state index >= 15 is 0 Å². The maximum absolute atomic E-state index is 12.4. The van der Waals surface area contributed by atoms with Crippen LogP contribution in [0.3, 0.4) is 0 Å². The van der Waals surface area contributed by atoms with Gasteiger partial charge < -0.3 is 15.3 Å². The van der Waals surface area contributed by atoms with E-state index < -0.39 is 5.97 Å². The summed E-state index contributed by atoms with van der Waals surface area (Å²) in [6.07, 6.45) is 4.62. The van der Waals surface area contributed by atoms with Crippen molar-refractivity contribution in [2.75, 3.05) is 18.0 Å². The molecule has 21 heavy (non-hydrogen) atoms. The third-order valence-electron chi connectivity index (χ3n) is 3.82. The molecule has 0 atom stereocenters. The number of para-hydroxylation sites is 1. The van der Waals surface area contributed by atoms with E-state index in [4.69, 9.17) is 5.11 Å². The number of nitrogens with one attached hydrogen (secondary N) is 1. The van der Waals surface area contributed by atoms with E-state index in [-0.39, 0.29) is 25.4 Å². The van der Waals surface area contributed by atoms with Gasteiger partial charge in [-0.15, -0.1) is 0 Å². The summed E-state index contributed by atoms with van der Waals surface area (Å²) in [7, 11) is 0. The summed E-state index contributed by atoms with van der Waals surface area (Å²) in [4.78, 5) is 24.7. The van der Waals surface area contributed by atoms with Crippen LogP contribution in [0, 0.1) is 0 Å². The summed E-state index contributed by atoms with van der Waals surface area (Å²) in [5.74, 6) is -0.971. The second-order valence-electron chi connectivity index (χ2n) is 5.39. The van der Waals surface area contributed by atoms with Crippen LogP contribution in [-0.2, 0) is 9.59 Å². The lowest BCUT2D eigenvalue weighted by Crippen LogP contribution is -2.42.